The average molecular weight is 336 g/mol. The van der Waals surface area contributed by atoms with Crippen molar-refractivity contribution in [3.8, 4) is 0 Å². The lowest BCUT2D eigenvalue weighted by Crippen LogP contribution is -2.36. The van der Waals surface area contributed by atoms with Crippen molar-refractivity contribution in [2.24, 2.45) is 0 Å². The fourth-order valence-corrected chi connectivity index (χ4v) is 2.77. The molecule has 0 fully saturated rings. The van der Waals surface area contributed by atoms with E-state index in [9.17, 15) is 4.79 Å². The Hall–Kier alpha value is -1.82. The van der Waals surface area contributed by atoms with Crippen LogP contribution in [0, 0.1) is 0 Å². The molecule has 0 atom stereocenters. The molecule has 2 heterocycles. The van der Waals surface area contributed by atoms with Gasteiger partial charge in [-0.05, 0) is 11.6 Å². The molecule has 0 aliphatic carbocycles. The topological polar surface area (TPSA) is 72.4 Å². The number of aromatic nitrogens is 1. The van der Waals surface area contributed by atoms with E-state index in [1.54, 1.807) is 4.90 Å². The number of halogens is 1. The SMILES string of the molecule is Nc1nc2c(o1)CN(C(=O)Cc1ccccc1Br)CC2. The first-order valence-corrected chi connectivity index (χ1v) is 7.18. The van der Waals surface area contributed by atoms with Gasteiger partial charge in [-0.2, -0.15) is 4.98 Å². The lowest BCUT2D eigenvalue weighted by atomic mass is 10.1. The van der Waals surface area contributed by atoms with E-state index in [-0.39, 0.29) is 11.9 Å². The minimum atomic E-state index is 0.0810. The third kappa shape index (κ3) is 2.56. The molecule has 1 aliphatic heterocycles. The van der Waals surface area contributed by atoms with Crippen LogP contribution in [-0.2, 0) is 24.2 Å². The predicted molar refractivity (Wildman–Crippen MR) is 77.9 cm³/mol. The zero-order chi connectivity index (χ0) is 14.1. The number of anilines is 1. The standard InChI is InChI=1S/C14H14BrN3O2/c15-10-4-2-1-3-9(10)7-13(19)18-6-5-11-12(8-18)20-14(16)17-11/h1-4H,5-8H2,(H2,16,17). The number of amides is 1. The molecular formula is C14H14BrN3O2. The Morgan fingerprint density at radius 3 is 3.05 bits per heavy atom. The molecule has 6 heteroatoms. The molecule has 0 saturated carbocycles. The molecular weight excluding hydrogens is 322 g/mol. The van der Waals surface area contributed by atoms with Crippen molar-refractivity contribution in [2.45, 2.75) is 19.4 Å². The maximum Gasteiger partial charge on any atom is 0.292 e. The van der Waals surface area contributed by atoms with Gasteiger partial charge in [0.25, 0.3) is 6.01 Å². The number of carbonyl (C=O) groups is 1. The van der Waals surface area contributed by atoms with Crippen LogP contribution in [0.25, 0.3) is 0 Å². The highest BCUT2D eigenvalue weighted by molar-refractivity contribution is 9.10. The van der Waals surface area contributed by atoms with Gasteiger partial charge in [0.2, 0.25) is 5.91 Å². The number of nitrogens with zero attached hydrogens (tertiary/aromatic N) is 2. The summed E-state index contributed by atoms with van der Waals surface area (Å²) in [6, 6.07) is 7.93. The van der Waals surface area contributed by atoms with Crippen molar-refractivity contribution in [1.82, 2.24) is 9.88 Å². The molecule has 0 spiro atoms. The van der Waals surface area contributed by atoms with Crippen molar-refractivity contribution in [1.29, 1.82) is 0 Å². The van der Waals surface area contributed by atoms with Crippen LogP contribution in [-0.4, -0.2) is 22.3 Å². The zero-order valence-corrected chi connectivity index (χ0v) is 12.4. The van der Waals surface area contributed by atoms with Gasteiger partial charge in [0.15, 0.2) is 0 Å². The average Bonchev–Trinajstić information content (AvgIpc) is 2.80. The highest BCUT2D eigenvalue weighted by Gasteiger charge is 2.25. The van der Waals surface area contributed by atoms with Crippen molar-refractivity contribution < 1.29 is 9.21 Å². The fourth-order valence-electron chi connectivity index (χ4n) is 2.34. The number of hydrogen-bond donors (Lipinski definition) is 1. The van der Waals surface area contributed by atoms with Gasteiger partial charge in [-0.1, -0.05) is 34.1 Å². The number of carbonyl (C=O) groups excluding carboxylic acids is 1. The van der Waals surface area contributed by atoms with Crippen molar-refractivity contribution in [3.63, 3.8) is 0 Å². The second kappa shape index (κ2) is 5.28. The number of nitrogens with two attached hydrogens (primary N) is 1. The Bertz CT molecular complexity index is 654. The summed E-state index contributed by atoms with van der Waals surface area (Å²) >= 11 is 3.46. The number of benzene rings is 1. The number of rotatable bonds is 2. The Kier molecular flexibility index (Phi) is 3.48. The predicted octanol–water partition coefficient (Wildman–Crippen LogP) is 2.15. The van der Waals surface area contributed by atoms with E-state index in [2.05, 4.69) is 20.9 Å². The fraction of sp³-hybridized carbons (Fsp3) is 0.286. The summed E-state index contributed by atoms with van der Waals surface area (Å²) in [6.45, 7) is 1.10. The van der Waals surface area contributed by atoms with Crippen LogP contribution in [0.2, 0.25) is 0 Å². The first-order chi connectivity index (χ1) is 9.63. The number of fused-ring (bicyclic) bond motifs is 1. The number of hydrogen-bond acceptors (Lipinski definition) is 4. The molecule has 104 valence electrons. The van der Waals surface area contributed by atoms with E-state index in [1.807, 2.05) is 24.3 Å². The number of oxazole rings is 1. The zero-order valence-electron chi connectivity index (χ0n) is 10.8. The van der Waals surface area contributed by atoms with Crippen LogP contribution in [0.1, 0.15) is 17.0 Å². The van der Waals surface area contributed by atoms with E-state index in [4.69, 9.17) is 10.2 Å². The first-order valence-electron chi connectivity index (χ1n) is 6.38. The summed E-state index contributed by atoms with van der Waals surface area (Å²) in [4.78, 5) is 18.2. The minimum Gasteiger partial charge on any atom is -0.427 e. The van der Waals surface area contributed by atoms with Crippen LogP contribution in [0.3, 0.4) is 0 Å². The highest BCUT2D eigenvalue weighted by Crippen LogP contribution is 2.22. The van der Waals surface area contributed by atoms with Crippen LogP contribution in [0.4, 0.5) is 6.01 Å². The lowest BCUT2D eigenvalue weighted by molar-refractivity contribution is -0.131. The van der Waals surface area contributed by atoms with Crippen LogP contribution >= 0.6 is 15.9 Å². The summed E-state index contributed by atoms with van der Waals surface area (Å²) < 4.78 is 6.28. The van der Waals surface area contributed by atoms with Gasteiger partial charge in [0.1, 0.15) is 5.76 Å². The maximum absolute atomic E-state index is 12.3. The molecule has 1 aromatic heterocycles. The largest absolute Gasteiger partial charge is 0.427 e. The molecule has 3 rings (SSSR count). The first kappa shape index (κ1) is 13.2. The van der Waals surface area contributed by atoms with E-state index in [0.29, 0.717) is 31.7 Å². The van der Waals surface area contributed by atoms with E-state index in [1.165, 1.54) is 0 Å². The summed E-state index contributed by atoms with van der Waals surface area (Å²) in [5.41, 5.74) is 7.39. The quantitative estimate of drug-likeness (QED) is 0.912. The van der Waals surface area contributed by atoms with Crippen molar-refractivity contribution in [3.05, 3.63) is 45.8 Å². The lowest BCUT2D eigenvalue weighted by Gasteiger charge is -2.25. The molecule has 2 N–H and O–H groups in total. The van der Waals surface area contributed by atoms with Crippen molar-refractivity contribution >= 4 is 27.9 Å². The summed E-state index contributed by atoms with van der Waals surface area (Å²) in [5, 5.41) is 0. The second-order valence-electron chi connectivity index (χ2n) is 4.76. The molecule has 1 aromatic carbocycles. The molecule has 1 amide bonds. The molecule has 0 bridgehead atoms. The summed E-state index contributed by atoms with van der Waals surface area (Å²) in [7, 11) is 0. The second-order valence-corrected chi connectivity index (χ2v) is 5.61. The van der Waals surface area contributed by atoms with Gasteiger partial charge in [0.05, 0.1) is 18.7 Å². The molecule has 20 heavy (non-hydrogen) atoms. The molecule has 5 nitrogen and oxygen atoms in total. The maximum atomic E-state index is 12.3. The molecule has 2 aromatic rings. The minimum absolute atomic E-state index is 0.0810. The Balaban J connectivity index is 1.72. The van der Waals surface area contributed by atoms with E-state index < -0.39 is 0 Å². The van der Waals surface area contributed by atoms with Crippen LogP contribution in [0.15, 0.2) is 33.2 Å². The van der Waals surface area contributed by atoms with Crippen LogP contribution < -0.4 is 5.73 Å². The van der Waals surface area contributed by atoms with Crippen molar-refractivity contribution in [2.75, 3.05) is 12.3 Å². The van der Waals surface area contributed by atoms with Gasteiger partial charge in [-0.15, -0.1) is 0 Å². The van der Waals surface area contributed by atoms with E-state index in [0.717, 1.165) is 15.7 Å². The third-order valence-corrected chi connectivity index (χ3v) is 4.17. The summed E-state index contributed by atoms with van der Waals surface area (Å²) in [5.74, 6) is 0.784. The smallest absolute Gasteiger partial charge is 0.292 e. The molecule has 0 saturated heterocycles. The van der Waals surface area contributed by atoms with E-state index >= 15 is 0 Å². The van der Waals surface area contributed by atoms with Gasteiger partial charge < -0.3 is 15.1 Å². The third-order valence-electron chi connectivity index (χ3n) is 3.40. The monoisotopic (exact) mass is 335 g/mol. The highest BCUT2D eigenvalue weighted by atomic mass is 79.9. The number of nitrogen functional groups attached to an aromatic ring is 1. The van der Waals surface area contributed by atoms with Gasteiger partial charge in [-0.3, -0.25) is 4.79 Å². The molecule has 0 radical (unpaired) electrons. The Labute approximate surface area is 124 Å². The summed E-state index contributed by atoms with van der Waals surface area (Å²) in [6.07, 6.45) is 1.07. The Morgan fingerprint density at radius 2 is 2.25 bits per heavy atom. The van der Waals surface area contributed by atoms with Gasteiger partial charge >= 0.3 is 0 Å². The molecule has 1 aliphatic rings. The Morgan fingerprint density at radius 1 is 1.45 bits per heavy atom. The molecule has 0 unspecified atom stereocenters. The van der Waals surface area contributed by atoms with Gasteiger partial charge in [0, 0.05) is 17.4 Å². The normalized spacial score (nSPS) is 14.2. The van der Waals surface area contributed by atoms with Gasteiger partial charge in [-0.25, -0.2) is 0 Å². The van der Waals surface area contributed by atoms with Crippen LogP contribution in [0.5, 0.6) is 0 Å².